The molecule has 0 N–H and O–H groups in total. The van der Waals surface area contributed by atoms with E-state index in [1.165, 1.54) is 33.6 Å². The Kier molecular flexibility index (Phi) is 5.18. The molecular formula is C21H22FN3S. The number of fused-ring (bicyclic) bond motifs is 1. The third-order valence-corrected chi connectivity index (χ3v) is 5.53. The van der Waals surface area contributed by atoms with Crippen molar-refractivity contribution in [1.82, 2.24) is 9.99 Å². The zero-order chi connectivity index (χ0) is 18.7. The summed E-state index contributed by atoms with van der Waals surface area (Å²) in [5.74, 6) is -0.326. The first-order valence-corrected chi connectivity index (χ1v) is 9.30. The molecule has 0 saturated carbocycles. The second kappa shape index (κ2) is 7.38. The highest BCUT2D eigenvalue weighted by molar-refractivity contribution is 7.17. The molecule has 0 amide bonds. The molecule has 1 aliphatic rings. The summed E-state index contributed by atoms with van der Waals surface area (Å²) in [5, 5.41) is 10.3. The Morgan fingerprint density at radius 2 is 2.04 bits per heavy atom. The molecule has 0 aliphatic carbocycles. The summed E-state index contributed by atoms with van der Waals surface area (Å²) in [6.07, 6.45) is 5.17. The molecule has 5 heteroatoms. The van der Waals surface area contributed by atoms with Crippen LogP contribution in [0.25, 0.3) is 16.2 Å². The second-order valence-corrected chi connectivity index (χ2v) is 7.72. The van der Waals surface area contributed by atoms with Crippen LogP contribution in [0.2, 0.25) is 0 Å². The summed E-state index contributed by atoms with van der Waals surface area (Å²) in [4.78, 5) is 3.57. The topological polar surface area (TPSA) is 28.5 Å². The molecule has 1 aliphatic heterocycles. The van der Waals surface area contributed by atoms with Crippen LogP contribution in [0.1, 0.15) is 31.4 Å². The van der Waals surface area contributed by atoms with Crippen LogP contribution >= 0.6 is 11.3 Å². The molecule has 3 heterocycles. The number of aromatic nitrogens is 1. The lowest BCUT2D eigenvalue weighted by molar-refractivity contribution is 0.194. The van der Waals surface area contributed by atoms with E-state index in [9.17, 15) is 4.39 Å². The van der Waals surface area contributed by atoms with E-state index in [0.717, 1.165) is 12.6 Å². The summed E-state index contributed by atoms with van der Waals surface area (Å²) < 4.78 is 13.8. The van der Waals surface area contributed by atoms with Gasteiger partial charge in [0, 0.05) is 46.3 Å². The van der Waals surface area contributed by atoms with Crippen molar-refractivity contribution in [3.8, 4) is 0 Å². The van der Waals surface area contributed by atoms with Gasteiger partial charge in [-0.1, -0.05) is 30.9 Å². The van der Waals surface area contributed by atoms with Crippen molar-refractivity contribution in [2.24, 2.45) is 5.10 Å². The first-order valence-electron chi connectivity index (χ1n) is 8.42. The molecule has 0 fully saturated rings. The number of pyridine rings is 1. The van der Waals surface area contributed by atoms with E-state index in [0.29, 0.717) is 5.56 Å². The molecule has 134 valence electrons. The van der Waals surface area contributed by atoms with Crippen LogP contribution in [-0.4, -0.2) is 28.3 Å². The van der Waals surface area contributed by atoms with Crippen LogP contribution in [0.4, 0.5) is 4.39 Å². The Bertz CT molecular complexity index is 959. The predicted molar refractivity (Wildman–Crippen MR) is 109 cm³/mol. The Morgan fingerprint density at radius 1 is 1.27 bits per heavy atom. The lowest BCUT2D eigenvalue weighted by Crippen LogP contribution is -2.33. The molecule has 1 aromatic carbocycles. The molecule has 26 heavy (non-hydrogen) atoms. The third-order valence-electron chi connectivity index (χ3n) is 4.56. The average molecular weight is 367 g/mol. The minimum atomic E-state index is -0.326. The highest BCUT2D eigenvalue weighted by Crippen LogP contribution is 2.33. The smallest absolute Gasteiger partial charge is 0.148 e. The molecule has 4 rings (SSSR count). The molecular weight excluding hydrogens is 345 g/mol. The number of hydrogen-bond donors (Lipinski definition) is 0. The molecule has 0 spiro atoms. The van der Waals surface area contributed by atoms with E-state index in [1.54, 1.807) is 17.4 Å². The fraction of sp³-hybridized carbons (Fsp3) is 0.238. The molecule has 0 unspecified atom stereocenters. The van der Waals surface area contributed by atoms with E-state index in [-0.39, 0.29) is 11.4 Å². The summed E-state index contributed by atoms with van der Waals surface area (Å²) in [5.41, 5.74) is 3.15. The third kappa shape index (κ3) is 3.68. The molecule has 0 atom stereocenters. The molecule has 2 aromatic heterocycles. The van der Waals surface area contributed by atoms with Crippen molar-refractivity contribution in [2.75, 3.05) is 7.05 Å². The SMILES string of the molecule is C=Cc1ccncc1F.CN1N=C(c2csc3ccccc23)CC1(C)C. The van der Waals surface area contributed by atoms with E-state index < -0.39 is 0 Å². The van der Waals surface area contributed by atoms with Gasteiger partial charge in [-0.05, 0) is 26.0 Å². The molecule has 3 aromatic rings. The van der Waals surface area contributed by atoms with Gasteiger partial charge in [0.2, 0.25) is 0 Å². The van der Waals surface area contributed by atoms with Gasteiger partial charge in [-0.25, -0.2) is 4.39 Å². The van der Waals surface area contributed by atoms with Crippen LogP contribution in [-0.2, 0) is 0 Å². The second-order valence-electron chi connectivity index (χ2n) is 6.81. The van der Waals surface area contributed by atoms with Crippen LogP contribution in [0.3, 0.4) is 0 Å². The summed E-state index contributed by atoms with van der Waals surface area (Å²) in [6, 6.07) is 10.1. The maximum atomic E-state index is 12.5. The van der Waals surface area contributed by atoms with Crippen LogP contribution in [0.15, 0.2) is 59.8 Å². The minimum Gasteiger partial charge on any atom is -0.294 e. The number of halogens is 1. The van der Waals surface area contributed by atoms with Crippen molar-refractivity contribution in [3.63, 3.8) is 0 Å². The van der Waals surface area contributed by atoms with Gasteiger partial charge in [0.25, 0.3) is 0 Å². The van der Waals surface area contributed by atoms with Gasteiger partial charge in [-0.15, -0.1) is 11.3 Å². The van der Waals surface area contributed by atoms with E-state index in [1.807, 2.05) is 0 Å². The van der Waals surface area contributed by atoms with Gasteiger partial charge in [-0.3, -0.25) is 9.99 Å². The van der Waals surface area contributed by atoms with Crippen LogP contribution in [0, 0.1) is 5.82 Å². The number of hydrazone groups is 1. The highest BCUT2D eigenvalue weighted by atomic mass is 32.1. The Morgan fingerprint density at radius 3 is 2.65 bits per heavy atom. The Labute approximate surface area is 157 Å². The van der Waals surface area contributed by atoms with Crippen molar-refractivity contribution in [1.29, 1.82) is 0 Å². The number of hydrogen-bond acceptors (Lipinski definition) is 4. The van der Waals surface area contributed by atoms with Crippen molar-refractivity contribution < 1.29 is 4.39 Å². The maximum Gasteiger partial charge on any atom is 0.148 e. The maximum absolute atomic E-state index is 12.5. The lowest BCUT2D eigenvalue weighted by atomic mass is 9.95. The normalized spacial score (nSPS) is 15.4. The summed E-state index contributed by atoms with van der Waals surface area (Å²) >= 11 is 1.80. The van der Waals surface area contributed by atoms with Crippen molar-refractivity contribution in [3.05, 3.63) is 71.6 Å². The first kappa shape index (κ1) is 18.3. The minimum absolute atomic E-state index is 0.137. The number of nitrogens with zero attached hydrogens (tertiary/aromatic N) is 3. The predicted octanol–water partition coefficient (Wildman–Crippen LogP) is 5.58. The zero-order valence-electron chi connectivity index (χ0n) is 15.2. The number of rotatable bonds is 2. The first-order chi connectivity index (χ1) is 12.4. The van der Waals surface area contributed by atoms with Gasteiger partial charge in [0.15, 0.2) is 0 Å². The molecule has 0 bridgehead atoms. The van der Waals surface area contributed by atoms with Gasteiger partial charge in [0.05, 0.1) is 17.4 Å². The molecule has 3 nitrogen and oxygen atoms in total. The monoisotopic (exact) mass is 367 g/mol. The lowest BCUT2D eigenvalue weighted by Gasteiger charge is -2.26. The van der Waals surface area contributed by atoms with E-state index >= 15 is 0 Å². The summed E-state index contributed by atoms with van der Waals surface area (Å²) in [6.45, 7) is 7.89. The standard InChI is InChI=1S/C14H16N2S.C7H6FN/c1-14(2)8-12(15-16(14)3)11-9-17-13-7-5-4-6-10(11)13;1-2-6-3-4-9-5-7(6)8/h4-7,9H,8H2,1-3H3;2-5H,1H2. The summed E-state index contributed by atoms with van der Waals surface area (Å²) in [7, 11) is 2.06. The Hall–Kier alpha value is -2.53. The van der Waals surface area contributed by atoms with E-state index in [2.05, 4.69) is 67.1 Å². The van der Waals surface area contributed by atoms with Crippen molar-refractivity contribution in [2.45, 2.75) is 25.8 Å². The van der Waals surface area contributed by atoms with E-state index in [4.69, 9.17) is 5.10 Å². The average Bonchev–Trinajstić information content (AvgIpc) is 3.17. The van der Waals surface area contributed by atoms with Crippen LogP contribution < -0.4 is 0 Å². The Balaban J connectivity index is 0.000000185. The quantitative estimate of drug-likeness (QED) is 0.591. The zero-order valence-corrected chi connectivity index (χ0v) is 16.1. The largest absolute Gasteiger partial charge is 0.294 e. The van der Waals surface area contributed by atoms with Gasteiger partial charge < -0.3 is 0 Å². The van der Waals surface area contributed by atoms with Crippen LogP contribution in [0.5, 0.6) is 0 Å². The number of thiophene rings is 1. The van der Waals surface area contributed by atoms with Gasteiger partial charge in [-0.2, -0.15) is 5.10 Å². The molecule has 0 radical (unpaired) electrons. The van der Waals surface area contributed by atoms with Crippen molar-refractivity contribution >= 4 is 33.2 Å². The molecule has 0 saturated heterocycles. The van der Waals surface area contributed by atoms with Gasteiger partial charge >= 0.3 is 0 Å². The van der Waals surface area contributed by atoms with Gasteiger partial charge in [0.1, 0.15) is 5.82 Å². The fourth-order valence-corrected chi connectivity index (χ4v) is 3.75. The fourth-order valence-electron chi connectivity index (χ4n) is 2.78. The highest BCUT2D eigenvalue weighted by Gasteiger charge is 2.32. The number of benzene rings is 1.